The van der Waals surface area contributed by atoms with E-state index in [-0.39, 0.29) is 17.5 Å². The van der Waals surface area contributed by atoms with Gasteiger partial charge in [0.15, 0.2) is 5.76 Å². The van der Waals surface area contributed by atoms with Crippen molar-refractivity contribution in [3.05, 3.63) is 102 Å². The van der Waals surface area contributed by atoms with Crippen molar-refractivity contribution in [2.24, 2.45) is 0 Å². The quantitative estimate of drug-likeness (QED) is 0.353. The summed E-state index contributed by atoms with van der Waals surface area (Å²) in [6, 6.07) is 23.5. The van der Waals surface area contributed by atoms with E-state index in [1.54, 1.807) is 42.5 Å². The van der Waals surface area contributed by atoms with Gasteiger partial charge in [0, 0.05) is 17.0 Å². The summed E-state index contributed by atoms with van der Waals surface area (Å²) in [4.78, 5) is 25.7. The van der Waals surface area contributed by atoms with Crippen LogP contribution in [0.2, 0.25) is 0 Å². The molecule has 0 fully saturated rings. The van der Waals surface area contributed by atoms with Crippen LogP contribution in [-0.4, -0.2) is 18.8 Å². The Morgan fingerprint density at radius 1 is 0.933 bits per heavy atom. The van der Waals surface area contributed by atoms with Crippen LogP contribution >= 0.6 is 0 Å². The number of ether oxygens (including phenoxy) is 1. The van der Waals surface area contributed by atoms with Crippen molar-refractivity contribution in [2.45, 2.75) is 0 Å². The van der Waals surface area contributed by atoms with Gasteiger partial charge in [0.25, 0.3) is 0 Å². The lowest BCUT2D eigenvalue weighted by Gasteiger charge is -2.05. The number of hydrogen-bond acceptors (Lipinski definition) is 4. The van der Waals surface area contributed by atoms with Crippen LogP contribution in [0, 0.1) is 0 Å². The Balaban J connectivity index is 1.69. The highest BCUT2D eigenvalue weighted by molar-refractivity contribution is 6.18. The highest BCUT2D eigenvalue weighted by atomic mass is 16.5. The maximum atomic E-state index is 13.1. The second-order valence-electron chi connectivity index (χ2n) is 6.60. The summed E-state index contributed by atoms with van der Waals surface area (Å²) < 4.78 is 11.0. The number of ketones is 1. The summed E-state index contributed by atoms with van der Waals surface area (Å²) >= 11 is 0. The number of para-hydroxylation sites is 1. The minimum Gasteiger partial charge on any atom is -0.497 e. The van der Waals surface area contributed by atoms with Crippen molar-refractivity contribution in [1.82, 2.24) is 0 Å². The normalized spacial score (nSPS) is 11.0. The molecule has 0 spiro atoms. The zero-order valence-electron chi connectivity index (χ0n) is 16.3. The molecule has 5 heteroatoms. The molecule has 0 saturated heterocycles. The molecule has 0 aliphatic rings. The van der Waals surface area contributed by atoms with Crippen LogP contribution in [0.25, 0.3) is 17.0 Å². The maximum Gasteiger partial charge on any atom is 0.248 e. The number of amides is 1. The van der Waals surface area contributed by atoms with Gasteiger partial charge >= 0.3 is 0 Å². The molecule has 30 heavy (non-hydrogen) atoms. The molecule has 1 amide bonds. The molecule has 0 bridgehead atoms. The lowest BCUT2D eigenvalue weighted by Crippen LogP contribution is -2.11. The number of carbonyl (C=O) groups is 2. The third-order valence-electron chi connectivity index (χ3n) is 4.61. The average Bonchev–Trinajstić information content (AvgIpc) is 3.16. The number of nitrogens with one attached hydrogen (secondary N) is 1. The number of methoxy groups -OCH3 is 1. The third-order valence-corrected chi connectivity index (χ3v) is 4.61. The standard InChI is InChI=1S/C25H19NO4/c1-29-19-11-7-10-18(16-19)24(28)25-23(20-12-5-6-13-21(20)30-25)26-22(27)15-14-17-8-3-2-4-9-17/h2-16H,1H3,(H,26,27)/b15-14+. The van der Waals surface area contributed by atoms with Gasteiger partial charge in [0.1, 0.15) is 11.3 Å². The Hall–Kier alpha value is -4.12. The predicted octanol–water partition coefficient (Wildman–Crippen LogP) is 5.32. The first-order valence-corrected chi connectivity index (χ1v) is 9.40. The van der Waals surface area contributed by atoms with Gasteiger partial charge in [-0.1, -0.05) is 54.6 Å². The molecular weight excluding hydrogens is 378 g/mol. The molecule has 0 radical (unpaired) electrons. The van der Waals surface area contributed by atoms with E-state index in [0.29, 0.717) is 28.0 Å². The molecule has 1 N–H and O–H groups in total. The molecule has 0 aliphatic carbocycles. The first-order chi connectivity index (χ1) is 14.7. The van der Waals surface area contributed by atoms with Gasteiger partial charge in [0.05, 0.1) is 12.8 Å². The fourth-order valence-electron chi connectivity index (χ4n) is 3.13. The van der Waals surface area contributed by atoms with E-state index in [4.69, 9.17) is 9.15 Å². The first kappa shape index (κ1) is 19.2. The summed E-state index contributed by atoms with van der Waals surface area (Å²) in [5.41, 5.74) is 2.17. The van der Waals surface area contributed by atoms with E-state index >= 15 is 0 Å². The first-order valence-electron chi connectivity index (χ1n) is 9.40. The maximum absolute atomic E-state index is 13.1. The van der Waals surface area contributed by atoms with Crippen LogP contribution in [0.5, 0.6) is 5.75 Å². The summed E-state index contributed by atoms with van der Waals surface area (Å²) in [6.07, 6.45) is 3.14. The van der Waals surface area contributed by atoms with Gasteiger partial charge in [-0.25, -0.2) is 0 Å². The smallest absolute Gasteiger partial charge is 0.248 e. The van der Waals surface area contributed by atoms with Gasteiger partial charge in [-0.2, -0.15) is 0 Å². The monoisotopic (exact) mass is 397 g/mol. The molecule has 5 nitrogen and oxygen atoms in total. The Morgan fingerprint density at radius 2 is 1.70 bits per heavy atom. The molecule has 148 valence electrons. The molecule has 1 aromatic heterocycles. The van der Waals surface area contributed by atoms with Gasteiger partial charge in [-0.15, -0.1) is 0 Å². The van der Waals surface area contributed by atoms with E-state index in [1.165, 1.54) is 13.2 Å². The Labute approximate surface area is 173 Å². The minimum atomic E-state index is -0.356. The Kier molecular flexibility index (Phi) is 5.44. The molecule has 0 saturated carbocycles. The summed E-state index contributed by atoms with van der Waals surface area (Å²) in [5.74, 6) is -0.0585. The van der Waals surface area contributed by atoms with E-state index in [1.807, 2.05) is 42.5 Å². The molecule has 0 unspecified atom stereocenters. The van der Waals surface area contributed by atoms with Crippen molar-refractivity contribution in [3.8, 4) is 5.75 Å². The van der Waals surface area contributed by atoms with Crippen molar-refractivity contribution < 1.29 is 18.7 Å². The fraction of sp³-hybridized carbons (Fsp3) is 0.0400. The molecule has 0 atom stereocenters. The second-order valence-corrected chi connectivity index (χ2v) is 6.60. The molecule has 3 aromatic carbocycles. The van der Waals surface area contributed by atoms with Crippen molar-refractivity contribution in [1.29, 1.82) is 0 Å². The van der Waals surface area contributed by atoms with Crippen LogP contribution in [0.15, 0.2) is 89.4 Å². The summed E-state index contributed by atoms with van der Waals surface area (Å²) in [7, 11) is 1.54. The molecule has 4 rings (SSSR count). The summed E-state index contributed by atoms with van der Waals surface area (Å²) in [5, 5.41) is 3.47. The molecular formula is C25H19NO4. The van der Waals surface area contributed by atoms with Gasteiger partial charge < -0.3 is 14.5 Å². The lowest BCUT2D eigenvalue weighted by atomic mass is 10.1. The summed E-state index contributed by atoms with van der Waals surface area (Å²) in [6.45, 7) is 0. The number of benzene rings is 3. The predicted molar refractivity (Wildman–Crippen MR) is 117 cm³/mol. The third kappa shape index (κ3) is 4.00. The van der Waals surface area contributed by atoms with Gasteiger partial charge in [-0.3, -0.25) is 9.59 Å². The van der Waals surface area contributed by atoms with E-state index < -0.39 is 0 Å². The van der Waals surface area contributed by atoms with Gasteiger partial charge in [0.2, 0.25) is 11.7 Å². The van der Waals surface area contributed by atoms with E-state index in [9.17, 15) is 9.59 Å². The van der Waals surface area contributed by atoms with E-state index in [2.05, 4.69) is 5.32 Å². The van der Waals surface area contributed by atoms with Crippen molar-refractivity contribution in [3.63, 3.8) is 0 Å². The number of furan rings is 1. The lowest BCUT2D eigenvalue weighted by molar-refractivity contribution is -0.111. The molecule has 1 heterocycles. The van der Waals surface area contributed by atoms with Crippen molar-refractivity contribution in [2.75, 3.05) is 12.4 Å². The molecule has 4 aromatic rings. The van der Waals surface area contributed by atoms with Crippen molar-refractivity contribution >= 4 is 34.4 Å². The number of hydrogen-bond donors (Lipinski definition) is 1. The van der Waals surface area contributed by atoms with Gasteiger partial charge in [-0.05, 0) is 35.9 Å². The van der Waals surface area contributed by atoms with Crippen LogP contribution < -0.4 is 10.1 Å². The highest BCUT2D eigenvalue weighted by Crippen LogP contribution is 2.33. The zero-order chi connectivity index (χ0) is 20.9. The van der Waals surface area contributed by atoms with Crippen LogP contribution in [0.4, 0.5) is 5.69 Å². The van der Waals surface area contributed by atoms with Crippen LogP contribution in [0.1, 0.15) is 21.7 Å². The molecule has 0 aliphatic heterocycles. The number of anilines is 1. The highest BCUT2D eigenvalue weighted by Gasteiger charge is 2.23. The van der Waals surface area contributed by atoms with Crippen LogP contribution in [0.3, 0.4) is 0 Å². The fourth-order valence-corrected chi connectivity index (χ4v) is 3.13. The number of carbonyl (C=O) groups excluding carboxylic acids is 2. The van der Waals surface area contributed by atoms with E-state index in [0.717, 1.165) is 5.56 Å². The second kappa shape index (κ2) is 8.49. The topological polar surface area (TPSA) is 68.5 Å². The number of rotatable bonds is 6. The minimum absolute atomic E-state index is 0.0749. The average molecular weight is 397 g/mol. The van der Waals surface area contributed by atoms with Crippen LogP contribution in [-0.2, 0) is 4.79 Å². The number of fused-ring (bicyclic) bond motifs is 1. The largest absolute Gasteiger partial charge is 0.497 e. The zero-order valence-corrected chi connectivity index (χ0v) is 16.3. The Bertz CT molecular complexity index is 1240. The SMILES string of the molecule is COc1cccc(C(=O)c2oc3ccccc3c2NC(=O)/C=C/c2ccccc2)c1. The Morgan fingerprint density at radius 3 is 2.50 bits per heavy atom.